The molecule has 0 fully saturated rings. The molecule has 1 aromatic heterocycles. The van der Waals surface area contributed by atoms with Crippen molar-refractivity contribution in [2.24, 2.45) is 0 Å². The number of rotatable bonds is 4. The highest BCUT2D eigenvalue weighted by atomic mass is 16.5. The standard InChI is InChI=1S/C13H13NO4/c1-8-5-9(3-4-11(8)17-2)12-6-10(14-18-12)7-13(15)16/h3-6H,7H2,1-2H3,(H,15,16). The number of benzene rings is 1. The number of carboxylic acids is 1. The topological polar surface area (TPSA) is 72.6 Å². The quantitative estimate of drug-likeness (QED) is 0.897. The number of aromatic nitrogens is 1. The lowest BCUT2D eigenvalue weighted by molar-refractivity contribution is -0.136. The van der Waals surface area contributed by atoms with Gasteiger partial charge in [-0.15, -0.1) is 0 Å². The smallest absolute Gasteiger partial charge is 0.309 e. The number of carbonyl (C=O) groups is 1. The summed E-state index contributed by atoms with van der Waals surface area (Å²) in [5.74, 6) is 0.418. The molecule has 0 saturated carbocycles. The van der Waals surface area contributed by atoms with E-state index in [0.29, 0.717) is 11.5 Å². The lowest BCUT2D eigenvalue weighted by atomic mass is 10.1. The minimum atomic E-state index is -0.930. The third kappa shape index (κ3) is 2.51. The normalized spacial score (nSPS) is 10.3. The summed E-state index contributed by atoms with van der Waals surface area (Å²) >= 11 is 0. The van der Waals surface area contributed by atoms with Gasteiger partial charge in [-0.25, -0.2) is 0 Å². The molecule has 0 aliphatic rings. The molecule has 2 rings (SSSR count). The number of methoxy groups -OCH3 is 1. The van der Waals surface area contributed by atoms with Crippen molar-refractivity contribution in [3.05, 3.63) is 35.5 Å². The Bertz CT molecular complexity index is 574. The molecule has 1 heterocycles. The maximum Gasteiger partial charge on any atom is 0.309 e. The van der Waals surface area contributed by atoms with Gasteiger partial charge in [0.2, 0.25) is 0 Å². The second kappa shape index (κ2) is 4.91. The van der Waals surface area contributed by atoms with Crippen LogP contribution in [0.2, 0.25) is 0 Å². The summed E-state index contributed by atoms with van der Waals surface area (Å²) < 4.78 is 10.3. The summed E-state index contributed by atoms with van der Waals surface area (Å²) in [6, 6.07) is 7.22. The molecule has 0 radical (unpaired) electrons. The molecule has 0 unspecified atom stereocenters. The van der Waals surface area contributed by atoms with E-state index in [1.165, 1.54) is 0 Å². The third-order valence-electron chi connectivity index (χ3n) is 2.57. The fraction of sp³-hybridized carbons (Fsp3) is 0.231. The minimum Gasteiger partial charge on any atom is -0.496 e. The average molecular weight is 247 g/mol. The van der Waals surface area contributed by atoms with E-state index in [-0.39, 0.29) is 6.42 Å². The van der Waals surface area contributed by atoms with E-state index >= 15 is 0 Å². The first kappa shape index (κ1) is 12.2. The van der Waals surface area contributed by atoms with Crippen molar-refractivity contribution in [1.29, 1.82) is 0 Å². The van der Waals surface area contributed by atoms with Crippen LogP contribution in [0, 0.1) is 6.92 Å². The summed E-state index contributed by atoms with van der Waals surface area (Å²) in [5.41, 5.74) is 2.23. The summed E-state index contributed by atoms with van der Waals surface area (Å²) in [5, 5.41) is 12.4. The number of nitrogens with zero attached hydrogens (tertiary/aromatic N) is 1. The van der Waals surface area contributed by atoms with Crippen molar-refractivity contribution >= 4 is 5.97 Å². The second-order valence-corrected chi connectivity index (χ2v) is 3.94. The van der Waals surface area contributed by atoms with Crippen LogP contribution >= 0.6 is 0 Å². The van der Waals surface area contributed by atoms with Crippen LogP contribution in [0.25, 0.3) is 11.3 Å². The number of carboxylic acid groups (broad SMARTS) is 1. The molecule has 5 nitrogen and oxygen atoms in total. The van der Waals surface area contributed by atoms with E-state index in [0.717, 1.165) is 16.9 Å². The Morgan fingerprint density at radius 3 is 2.83 bits per heavy atom. The predicted octanol–water partition coefficient (Wildman–Crippen LogP) is 2.29. The van der Waals surface area contributed by atoms with E-state index in [9.17, 15) is 4.79 Å². The van der Waals surface area contributed by atoms with Crippen molar-refractivity contribution in [3.63, 3.8) is 0 Å². The van der Waals surface area contributed by atoms with Crippen LogP contribution in [0.4, 0.5) is 0 Å². The lowest BCUT2D eigenvalue weighted by Gasteiger charge is -2.04. The molecule has 1 N–H and O–H groups in total. The molecule has 0 aliphatic carbocycles. The van der Waals surface area contributed by atoms with Crippen LogP contribution in [0.1, 0.15) is 11.3 Å². The van der Waals surface area contributed by atoms with Gasteiger partial charge in [-0.05, 0) is 30.7 Å². The van der Waals surface area contributed by atoms with Crippen molar-refractivity contribution in [1.82, 2.24) is 5.16 Å². The highest BCUT2D eigenvalue weighted by Gasteiger charge is 2.10. The first-order valence-electron chi connectivity index (χ1n) is 5.42. The maximum atomic E-state index is 10.6. The first-order chi connectivity index (χ1) is 8.60. The molecule has 5 heteroatoms. The molecule has 0 bridgehead atoms. The Hall–Kier alpha value is -2.30. The fourth-order valence-corrected chi connectivity index (χ4v) is 1.72. The molecular weight excluding hydrogens is 234 g/mol. The SMILES string of the molecule is COc1ccc(-c2cc(CC(=O)O)no2)cc1C. The van der Waals surface area contributed by atoms with Crippen LogP contribution in [0.15, 0.2) is 28.8 Å². The van der Waals surface area contributed by atoms with E-state index in [1.807, 2.05) is 25.1 Å². The van der Waals surface area contributed by atoms with Crippen molar-refractivity contribution in [2.45, 2.75) is 13.3 Å². The zero-order chi connectivity index (χ0) is 13.1. The summed E-state index contributed by atoms with van der Waals surface area (Å²) in [6.45, 7) is 1.93. The van der Waals surface area contributed by atoms with Gasteiger partial charge < -0.3 is 14.4 Å². The number of hydrogen-bond acceptors (Lipinski definition) is 4. The van der Waals surface area contributed by atoms with E-state index in [4.69, 9.17) is 14.4 Å². The van der Waals surface area contributed by atoms with Gasteiger partial charge in [-0.1, -0.05) is 5.16 Å². The Morgan fingerprint density at radius 1 is 1.44 bits per heavy atom. The van der Waals surface area contributed by atoms with E-state index in [1.54, 1.807) is 13.2 Å². The Labute approximate surface area is 104 Å². The molecule has 18 heavy (non-hydrogen) atoms. The van der Waals surface area contributed by atoms with Crippen molar-refractivity contribution in [3.8, 4) is 17.1 Å². The minimum absolute atomic E-state index is 0.140. The van der Waals surface area contributed by atoms with Crippen LogP contribution in [0.5, 0.6) is 5.75 Å². The number of aliphatic carboxylic acids is 1. The van der Waals surface area contributed by atoms with Crippen LogP contribution in [0.3, 0.4) is 0 Å². The van der Waals surface area contributed by atoms with E-state index < -0.39 is 5.97 Å². The summed E-state index contributed by atoms with van der Waals surface area (Å²) in [7, 11) is 1.61. The largest absolute Gasteiger partial charge is 0.496 e. The Balaban J connectivity index is 2.28. The molecule has 0 aliphatic heterocycles. The van der Waals surface area contributed by atoms with Crippen LogP contribution < -0.4 is 4.74 Å². The zero-order valence-electron chi connectivity index (χ0n) is 10.1. The molecule has 0 amide bonds. The molecule has 0 saturated heterocycles. The van der Waals surface area contributed by atoms with Crippen molar-refractivity contribution < 1.29 is 19.2 Å². The predicted molar refractivity (Wildman–Crippen MR) is 64.6 cm³/mol. The number of hydrogen-bond donors (Lipinski definition) is 1. The monoisotopic (exact) mass is 247 g/mol. The highest BCUT2D eigenvalue weighted by Crippen LogP contribution is 2.26. The van der Waals surface area contributed by atoms with Gasteiger partial charge in [0.15, 0.2) is 5.76 Å². The Kier molecular flexibility index (Phi) is 3.32. The van der Waals surface area contributed by atoms with Crippen LogP contribution in [-0.2, 0) is 11.2 Å². The second-order valence-electron chi connectivity index (χ2n) is 3.94. The molecular formula is C13H13NO4. The molecule has 0 spiro atoms. The molecule has 1 aromatic carbocycles. The van der Waals surface area contributed by atoms with Crippen LogP contribution in [-0.4, -0.2) is 23.3 Å². The van der Waals surface area contributed by atoms with Gasteiger partial charge in [0, 0.05) is 11.6 Å². The van der Waals surface area contributed by atoms with Gasteiger partial charge in [0.05, 0.1) is 19.2 Å². The van der Waals surface area contributed by atoms with Gasteiger partial charge in [0.1, 0.15) is 5.75 Å². The number of aryl methyl sites for hydroxylation is 1. The third-order valence-corrected chi connectivity index (χ3v) is 2.57. The lowest BCUT2D eigenvalue weighted by Crippen LogP contribution is -1.99. The highest BCUT2D eigenvalue weighted by molar-refractivity contribution is 5.70. The van der Waals surface area contributed by atoms with Crippen molar-refractivity contribution in [2.75, 3.05) is 7.11 Å². The summed E-state index contributed by atoms with van der Waals surface area (Å²) in [6.07, 6.45) is -0.140. The van der Waals surface area contributed by atoms with Gasteiger partial charge in [-0.2, -0.15) is 0 Å². The van der Waals surface area contributed by atoms with Gasteiger partial charge >= 0.3 is 5.97 Å². The summed E-state index contributed by atoms with van der Waals surface area (Å²) in [4.78, 5) is 10.6. The molecule has 94 valence electrons. The maximum absolute atomic E-state index is 10.6. The Morgan fingerprint density at radius 2 is 2.22 bits per heavy atom. The van der Waals surface area contributed by atoms with Gasteiger partial charge in [-0.3, -0.25) is 4.79 Å². The molecule has 0 atom stereocenters. The number of ether oxygens (including phenoxy) is 1. The molecule has 2 aromatic rings. The first-order valence-corrected chi connectivity index (χ1v) is 5.42. The fourth-order valence-electron chi connectivity index (χ4n) is 1.72. The van der Waals surface area contributed by atoms with Gasteiger partial charge in [0.25, 0.3) is 0 Å². The van der Waals surface area contributed by atoms with E-state index in [2.05, 4.69) is 5.16 Å². The zero-order valence-corrected chi connectivity index (χ0v) is 10.1. The average Bonchev–Trinajstić information content (AvgIpc) is 2.76.